The number of ether oxygens (including phenoxy) is 17. The summed E-state index contributed by atoms with van der Waals surface area (Å²) in [4.78, 5) is 86.1. The minimum atomic E-state index is -2.27. The van der Waals surface area contributed by atoms with Crippen LogP contribution in [0.15, 0.2) is 11.6 Å². The maximum atomic E-state index is 16.5. The molecule has 12 aliphatic rings. The zero-order valence-corrected chi connectivity index (χ0v) is 77.6. The summed E-state index contributed by atoms with van der Waals surface area (Å²) >= 11 is 0. The van der Waals surface area contributed by atoms with Gasteiger partial charge >= 0.3 is 29.8 Å². The number of aliphatic hydroxyl groups excluding tert-OH is 19. The zero-order chi connectivity index (χ0) is 98.0. The lowest BCUT2D eigenvalue weighted by Crippen LogP contribution is -2.69. The van der Waals surface area contributed by atoms with Crippen LogP contribution in [-0.4, -0.2) is 397 Å². The molecule has 43 heteroatoms. The van der Waals surface area contributed by atoms with Crippen LogP contribution < -0.4 is 0 Å². The fourth-order valence-corrected chi connectivity index (χ4v) is 23.4. The van der Waals surface area contributed by atoms with E-state index in [9.17, 15) is 126 Å². The molecule has 11 fully saturated rings. The smallest absolute Gasteiger partial charge is 0.335 e. The van der Waals surface area contributed by atoms with E-state index in [-0.39, 0.29) is 43.9 Å². The summed E-state index contributed by atoms with van der Waals surface area (Å²) in [5.41, 5.74) is -5.51. The molecule has 0 aromatic rings. The number of rotatable bonds is 33. The maximum absolute atomic E-state index is 16.5. The van der Waals surface area contributed by atoms with Crippen molar-refractivity contribution in [3.63, 3.8) is 0 Å². The van der Waals surface area contributed by atoms with E-state index in [0.717, 1.165) is 18.8 Å². The van der Waals surface area contributed by atoms with Crippen molar-refractivity contribution in [2.24, 2.45) is 62.1 Å². The van der Waals surface area contributed by atoms with Crippen LogP contribution in [0.25, 0.3) is 0 Å². The largest absolute Gasteiger partial charge is 0.479 e. The summed E-state index contributed by atoms with van der Waals surface area (Å²) < 4.78 is 104. The first-order valence-corrected chi connectivity index (χ1v) is 46.8. The van der Waals surface area contributed by atoms with E-state index in [2.05, 4.69) is 26.8 Å². The molecule has 4 saturated carbocycles. The Balaban J connectivity index is 0.807. The van der Waals surface area contributed by atoms with Gasteiger partial charge in [-0.25, -0.2) is 4.79 Å². The highest BCUT2D eigenvalue weighted by Crippen LogP contribution is 2.76. The molecule has 49 atom stereocenters. The molecule has 0 unspecified atom stereocenters. The number of carbonyl (C=O) groups is 6. The fourth-order valence-electron chi connectivity index (χ4n) is 23.4. The number of esters is 4. The quantitative estimate of drug-likeness (QED) is 0.0101. The van der Waals surface area contributed by atoms with Gasteiger partial charge in [0.2, 0.25) is 6.29 Å². The fraction of sp³-hybridized carbons (Fsp3) is 0.911. The predicted molar refractivity (Wildman–Crippen MR) is 445 cm³/mol. The lowest BCUT2D eigenvalue weighted by atomic mass is 9.33. The van der Waals surface area contributed by atoms with Crippen molar-refractivity contribution in [3.8, 4) is 0 Å². The lowest BCUT2D eigenvalue weighted by Gasteiger charge is -2.71. The Morgan fingerprint density at radius 1 is 0.504 bits per heavy atom. The van der Waals surface area contributed by atoms with Gasteiger partial charge in [-0.15, -0.1) is 0 Å². The topological polar surface area (TPSA) is 664 Å². The molecule has 7 aliphatic heterocycles. The predicted octanol–water partition coefficient (Wildman–Crippen LogP) is -3.19. The van der Waals surface area contributed by atoms with Gasteiger partial charge in [0.25, 0.3) is 0 Å². The monoisotopic (exact) mass is 1910 g/mol. The van der Waals surface area contributed by atoms with E-state index in [0.29, 0.717) is 51.4 Å². The Morgan fingerprint density at radius 2 is 1.03 bits per heavy atom. The number of aliphatic hydroxyl groups is 19. The van der Waals surface area contributed by atoms with Gasteiger partial charge < -0.3 is 187 Å². The van der Waals surface area contributed by atoms with E-state index < -0.39 is 352 Å². The third kappa shape index (κ3) is 21.1. The molecule has 7 heterocycles. The van der Waals surface area contributed by atoms with Gasteiger partial charge in [0.05, 0.1) is 86.9 Å². The number of fused-ring (bicyclic) bond motifs is 7. The number of hydrogen-bond donors (Lipinski definition) is 20. The van der Waals surface area contributed by atoms with Gasteiger partial charge in [0.15, 0.2) is 62.2 Å². The molecule has 20 N–H and O–H groups in total. The third-order valence-electron chi connectivity index (χ3n) is 32.1. The van der Waals surface area contributed by atoms with Gasteiger partial charge in [-0.2, -0.15) is 0 Å². The van der Waals surface area contributed by atoms with E-state index in [4.69, 9.17) is 80.5 Å². The Kier molecular flexibility index (Phi) is 34.5. The van der Waals surface area contributed by atoms with Crippen LogP contribution in [0.4, 0.5) is 0 Å². The Labute approximate surface area is 770 Å². The lowest BCUT2D eigenvalue weighted by molar-refractivity contribution is -0.394. The highest BCUT2D eigenvalue weighted by Gasteiger charge is 2.74. The van der Waals surface area contributed by atoms with Crippen LogP contribution in [0.3, 0.4) is 0 Å². The normalized spacial score (nSPS) is 47.8. The van der Waals surface area contributed by atoms with Crippen LogP contribution in [0.1, 0.15) is 193 Å². The summed E-state index contributed by atoms with van der Waals surface area (Å²) in [5.74, 6) is -8.24. The first-order valence-electron chi connectivity index (χ1n) is 46.8. The Morgan fingerprint density at radius 3 is 1.64 bits per heavy atom. The molecule has 0 radical (unpaired) electrons. The summed E-state index contributed by atoms with van der Waals surface area (Å²) in [5, 5.41) is 222. The highest BCUT2D eigenvalue weighted by atomic mass is 16.8. The van der Waals surface area contributed by atoms with Crippen molar-refractivity contribution in [2.75, 3.05) is 19.8 Å². The van der Waals surface area contributed by atoms with Crippen molar-refractivity contribution in [1.29, 1.82) is 0 Å². The number of carboxylic acid groups (broad SMARTS) is 1. The molecule has 12 rings (SSSR count). The Hall–Kier alpha value is -4.52. The standard InChI is InChI=1S/C90H144O43/c1-15-35(3)46(122-54(99)27-42(96)26-47(36(4)16-2)123-80-64(109)59(104)49(32-92)124-80)25-41(95)28-55(100)127-70-39(7)120-82(75(73(70)121-40(8)94)132-79-67(112)62(107)69(38(6)119-79)128-77-63(108)57(102)45(97)33-117-77)133-84(116)90-24-23-85(9,10)29-44(90)43-17-18-51-86(11)21-20-53(87(12,34-93)50(86)19-22-88(51,13)89(43,14)30-52(90)98)126-83-74(131-81-66(111)61(106)58(103)48(31-91)125-81)71(68(113)72(130-83)76(114)115)129-78-65(110)60(105)56(101)37(5)118-78/h17,34-39,41-42,44-53,56-75,77-83,91-92,95-98,101-113H,15-16,18-33H2,1-14H3,(H,114,115)/t35-,36-,37-,38-,39+,41-,42-,44-,45+,46-,47-,48+,49-,50+,51+,52+,53-,56-,57-,58-,59-,60+,61-,62-,63+,64+,65+,66+,67+,68-,69-,70-,71-,72-,73-,74+,75+,77-,78-,79-,80+,81-,82-,83+,86-,87-,88+,89+,90+/m0/s1. The maximum Gasteiger partial charge on any atom is 0.335 e. The van der Waals surface area contributed by atoms with Gasteiger partial charge in [0.1, 0.15) is 134 Å². The molecule has 0 amide bonds. The molecule has 0 spiro atoms. The molecule has 43 nitrogen and oxygen atoms in total. The zero-order valence-electron chi connectivity index (χ0n) is 77.6. The minimum Gasteiger partial charge on any atom is -0.479 e. The number of hydrogen-bond acceptors (Lipinski definition) is 42. The second-order valence-corrected chi connectivity index (χ2v) is 41.1. The summed E-state index contributed by atoms with van der Waals surface area (Å²) in [6, 6.07) is 0. The molecular weight excluding hydrogens is 1770 g/mol. The number of allylic oxidation sites excluding steroid dienone is 2. The average molecular weight is 1910 g/mol. The molecule has 5 aliphatic carbocycles. The molecule has 133 heavy (non-hydrogen) atoms. The van der Waals surface area contributed by atoms with Crippen molar-refractivity contribution in [2.45, 2.75) is 433 Å². The van der Waals surface area contributed by atoms with E-state index in [1.807, 2.05) is 27.7 Å². The highest BCUT2D eigenvalue weighted by molar-refractivity contribution is 5.80. The van der Waals surface area contributed by atoms with E-state index in [1.165, 1.54) is 20.8 Å². The first kappa shape index (κ1) is 107. The number of carbonyl (C=O) groups excluding carboxylic acids is 5. The Bertz CT molecular complexity index is 3960. The van der Waals surface area contributed by atoms with Gasteiger partial charge in [-0.05, 0) is 130 Å². The van der Waals surface area contributed by atoms with Crippen molar-refractivity contribution in [1.82, 2.24) is 0 Å². The molecule has 0 aromatic heterocycles. The summed E-state index contributed by atoms with van der Waals surface area (Å²) in [6.07, 6.45) is -63.3. The van der Waals surface area contributed by atoms with Crippen molar-refractivity contribution in [3.05, 3.63) is 11.6 Å². The van der Waals surface area contributed by atoms with Crippen LogP contribution >= 0.6 is 0 Å². The van der Waals surface area contributed by atoms with Crippen molar-refractivity contribution >= 4 is 36.1 Å². The van der Waals surface area contributed by atoms with Crippen LogP contribution in [0, 0.1) is 62.1 Å². The molecular formula is C90H144O43. The van der Waals surface area contributed by atoms with Gasteiger partial charge in [-0.3, -0.25) is 19.2 Å². The average Bonchev–Trinajstić information content (AvgIpc) is 1.04. The molecule has 0 aromatic carbocycles. The second-order valence-electron chi connectivity index (χ2n) is 41.1. The summed E-state index contributed by atoms with van der Waals surface area (Å²) in [7, 11) is 0. The number of aldehydes is 1. The summed E-state index contributed by atoms with van der Waals surface area (Å²) in [6.45, 7) is 22.3. The third-order valence-corrected chi connectivity index (χ3v) is 32.1. The van der Waals surface area contributed by atoms with Gasteiger partial charge in [-0.1, -0.05) is 93.7 Å². The second kappa shape index (κ2) is 42.7. The SMILES string of the molecule is CC[C@H](C)[C@H](C[C@H](O)CC(=O)O[C@@H]1[C@H](OC(C)=O)[C@@H](O[C@@H]2O[C@@H](C)[C@H](O[C@@H]3OC[C@@H](O)[C@H](O)[C@H]3O)[C@@H](O)[C@H]2O)[C@H](OC(=O)[C@]23CCC(C)(C)C[C@H]2C2=CC[C@@H]4[C@@]5(C)CC[C@H](O[C@@H]6O[C@H](C(=O)O)[C@@H](O)[C@H](O[C@@H]7O[C@@H](C)[C@H](O)[C@@H](O)[C@H]7O)[C@H]6O[C@@H]6O[C@H](CO)[C@H](O)[C@H](O)[C@H]6O)[C@@](C)(C=O)[C@@H]5CC[C@@]4(C)[C@]2(C)C[C@H]3O)O[C@@H]1C)OC(=O)C[C@@H](O)C[C@H](O[C@@H]1O[C@@H](CO)[C@H](O)[C@H]1O)[C@@H](C)CC. The van der Waals surface area contributed by atoms with Crippen LogP contribution in [0.2, 0.25) is 0 Å². The van der Waals surface area contributed by atoms with Gasteiger partial charge in [0, 0.05) is 19.8 Å². The molecule has 0 bridgehead atoms. The number of carboxylic acids is 1. The van der Waals surface area contributed by atoms with Crippen LogP contribution in [0.5, 0.6) is 0 Å². The first-order chi connectivity index (χ1) is 62.3. The molecule has 762 valence electrons. The molecule has 7 saturated heterocycles. The van der Waals surface area contributed by atoms with Crippen LogP contribution in [-0.2, 0) is 109 Å². The van der Waals surface area contributed by atoms with Crippen molar-refractivity contribution < 1.29 is 211 Å². The minimum absolute atomic E-state index is 0.0175. The number of aliphatic carboxylic acids is 1. The van der Waals surface area contributed by atoms with E-state index in [1.54, 1.807) is 20.8 Å². The van der Waals surface area contributed by atoms with E-state index >= 15 is 4.79 Å².